The Hall–Kier alpha value is -1.71. The molecule has 4 heteroatoms. The van der Waals surface area contributed by atoms with Gasteiger partial charge in [-0.3, -0.25) is 4.79 Å². The second-order valence-electron chi connectivity index (χ2n) is 3.83. The maximum absolute atomic E-state index is 12.3. The van der Waals surface area contributed by atoms with E-state index in [0.29, 0.717) is 15.6 Å². The molecule has 2 nitrogen and oxygen atoms in total. The number of aromatic nitrogens is 1. The highest BCUT2D eigenvalue weighted by Crippen LogP contribution is 2.24. The molecule has 0 fully saturated rings. The molecule has 3 aromatic rings. The molecule has 0 N–H and O–H groups in total. The minimum atomic E-state index is -0.0845. The highest BCUT2D eigenvalue weighted by atomic mass is 35.5. The Kier molecular flexibility index (Phi) is 2.86. The fourth-order valence-electron chi connectivity index (χ4n) is 1.72. The molecule has 3 rings (SSSR count). The van der Waals surface area contributed by atoms with Crippen LogP contribution in [0.4, 0.5) is 0 Å². The Labute approximate surface area is 113 Å². The molecule has 0 aliphatic carbocycles. The van der Waals surface area contributed by atoms with Crippen molar-refractivity contribution in [2.24, 2.45) is 0 Å². The van der Waals surface area contributed by atoms with E-state index < -0.39 is 0 Å². The summed E-state index contributed by atoms with van der Waals surface area (Å²) >= 11 is 7.29. The van der Waals surface area contributed by atoms with Gasteiger partial charge in [0.05, 0.1) is 10.2 Å². The van der Waals surface area contributed by atoms with Gasteiger partial charge < -0.3 is 0 Å². The third-order valence-electron chi connectivity index (χ3n) is 2.57. The number of nitrogens with zero attached hydrogens (tertiary/aromatic N) is 1. The number of halogens is 1. The molecule has 1 heterocycles. The molecule has 0 saturated carbocycles. The highest BCUT2D eigenvalue weighted by Gasteiger charge is 2.14. The predicted molar refractivity (Wildman–Crippen MR) is 74.5 cm³/mol. The first-order valence-corrected chi connectivity index (χ1v) is 6.59. The number of hydrogen-bond donors (Lipinski definition) is 0. The molecule has 1 aromatic heterocycles. The van der Waals surface area contributed by atoms with Crippen molar-refractivity contribution in [1.82, 2.24) is 4.98 Å². The fourth-order valence-corrected chi connectivity index (χ4v) is 2.84. The van der Waals surface area contributed by atoms with Crippen LogP contribution in [0.5, 0.6) is 0 Å². The van der Waals surface area contributed by atoms with Gasteiger partial charge >= 0.3 is 0 Å². The van der Waals surface area contributed by atoms with Gasteiger partial charge in [-0.05, 0) is 24.3 Å². The van der Waals surface area contributed by atoms with Gasteiger partial charge in [-0.15, -0.1) is 11.3 Å². The lowest BCUT2D eigenvalue weighted by Crippen LogP contribution is -1.99. The Balaban J connectivity index is 2.06. The van der Waals surface area contributed by atoms with Gasteiger partial charge in [0.15, 0.2) is 5.01 Å². The first kappa shape index (κ1) is 11.4. The summed E-state index contributed by atoms with van der Waals surface area (Å²) in [7, 11) is 0. The minimum Gasteiger partial charge on any atom is -0.286 e. The monoisotopic (exact) mass is 273 g/mol. The van der Waals surface area contributed by atoms with Crippen molar-refractivity contribution >= 4 is 38.9 Å². The largest absolute Gasteiger partial charge is 0.286 e. The Morgan fingerprint density at radius 2 is 1.94 bits per heavy atom. The number of ketones is 1. The molecule has 2 aromatic carbocycles. The van der Waals surface area contributed by atoms with Crippen molar-refractivity contribution in [2.75, 3.05) is 0 Å². The molecule has 0 atom stereocenters. The Morgan fingerprint density at radius 1 is 1.11 bits per heavy atom. The van der Waals surface area contributed by atoms with E-state index in [9.17, 15) is 4.79 Å². The van der Waals surface area contributed by atoms with E-state index in [1.165, 1.54) is 11.3 Å². The average Bonchev–Trinajstić information content (AvgIpc) is 2.81. The summed E-state index contributed by atoms with van der Waals surface area (Å²) in [6.07, 6.45) is 0. The molecule has 0 amide bonds. The average molecular weight is 274 g/mol. The fraction of sp³-hybridized carbons (Fsp3) is 0. The zero-order chi connectivity index (χ0) is 12.5. The Bertz CT molecular complexity index is 702. The number of fused-ring (bicyclic) bond motifs is 1. The maximum Gasteiger partial charge on any atom is 0.221 e. The molecular formula is C14H8ClNOS. The molecule has 88 valence electrons. The van der Waals surface area contributed by atoms with Gasteiger partial charge in [-0.1, -0.05) is 35.9 Å². The van der Waals surface area contributed by atoms with E-state index >= 15 is 0 Å². The van der Waals surface area contributed by atoms with Crippen LogP contribution in [0.2, 0.25) is 5.02 Å². The molecule has 18 heavy (non-hydrogen) atoms. The predicted octanol–water partition coefficient (Wildman–Crippen LogP) is 4.18. The maximum atomic E-state index is 12.3. The first-order valence-electron chi connectivity index (χ1n) is 5.40. The molecular weight excluding hydrogens is 266 g/mol. The topological polar surface area (TPSA) is 30.0 Å². The lowest BCUT2D eigenvalue weighted by Gasteiger charge is -1.97. The van der Waals surface area contributed by atoms with Crippen molar-refractivity contribution in [2.45, 2.75) is 0 Å². The third kappa shape index (κ3) is 2.03. The van der Waals surface area contributed by atoms with Crippen molar-refractivity contribution in [3.8, 4) is 0 Å². The third-order valence-corrected chi connectivity index (χ3v) is 3.85. The van der Waals surface area contributed by atoms with Gasteiger partial charge in [-0.2, -0.15) is 0 Å². The van der Waals surface area contributed by atoms with Crippen LogP contribution < -0.4 is 0 Å². The first-order chi connectivity index (χ1) is 8.74. The van der Waals surface area contributed by atoms with Crippen LogP contribution in [-0.2, 0) is 0 Å². The van der Waals surface area contributed by atoms with E-state index in [2.05, 4.69) is 4.98 Å². The van der Waals surface area contributed by atoms with Crippen molar-refractivity contribution in [1.29, 1.82) is 0 Å². The van der Waals surface area contributed by atoms with Crippen LogP contribution in [0, 0.1) is 0 Å². The molecule has 0 unspecified atom stereocenters. The minimum absolute atomic E-state index is 0.0845. The smallest absolute Gasteiger partial charge is 0.221 e. The van der Waals surface area contributed by atoms with Crippen molar-refractivity contribution in [3.05, 3.63) is 64.1 Å². The van der Waals surface area contributed by atoms with Gasteiger partial charge in [0.1, 0.15) is 0 Å². The molecule has 0 bridgehead atoms. The quantitative estimate of drug-likeness (QED) is 0.656. The number of benzene rings is 2. The number of rotatable bonds is 2. The molecule has 0 spiro atoms. The van der Waals surface area contributed by atoms with Crippen molar-refractivity contribution in [3.63, 3.8) is 0 Å². The summed E-state index contributed by atoms with van der Waals surface area (Å²) in [5, 5.41) is 1.06. The second kappa shape index (κ2) is 4.52. The lowest BCUT2D eigenvalue weighted by atomic mass is 10.1. The summed E-state index contributed by atoms with van der Waals surface area (Å²) < 4.78 is 1.02. The summed E-state index contributed by atoms with van der Waals surface area (Å²) in [5.41, 5.74) is 1.43. The van der Waals surface area contributed by atoms with Crippen LogP contribution in [0.1, 0.15) is 15.4 Å². The summed E-state index contributed by atoms with van der Waals surface area (Å²) in [5.74, 6) is -0.0845. The number of hydrogen-bond acceptors (Lipinski definition) is 3. The molecule has 0 aliphatic heterocycles. The number of para-hydroxylation sites is 1. The van der Waals surface area contributed by atoms with Crippen molar-refractivity contribution < 1.29 is 4.79 Å². The Morgan fingerprint density at radius 3 is 2.72 bits per heavy atom. The number of carbonyl (C=O) groups is 1. The molecule has 0 saturated heterocycles. The van der Waals surface area contributed by atoms with Crippen LogP contribution in [0.15, 0.2) is 48.5 Å². The van der Waals surface area contributed by atoms with E-state index in [4.69, 9.17) is 11.6 Å². The van der Waals surface area contributed by atoms with E-state index in [-0.39, 0.29) is 5.78 Å². The van der Waals surface area contributed by atoms with Crippen LogP contribution in [-0.4, -0.2) is 10.8 Å². The molecule has 0 aliphatic rings. The van der Waals surface area contributed by atoms with Crippen LogP contribution in [0.25, 0.3) is 10.2 Å². The normalized spacial score (nSPS) is 10.7. The lowest BCUT2D eigenvalue weighted by molar-refractivity contribution is 0.103. The van der Waals surface area contributed by atoms with E-state index in [1.807, 2.05) is 24.3 Å². The second-order valence-corrected chi connectivity index (χ2v) is 5.29. The van der Waals surface area contributed by atoms with E-state index in [1.54, 1.807) is 24.3 Å². The number of carbonyl (C=O) groups excluding carboxylic acids is 1. The van der Waals surface area contributed by atoms with Crippen LogP contribution in [0.3, 0.4) is 0 Å². The van der Waals surface area contributed by atoms with E-state index in [0.717, 1.165) is 10.2 Å². The highest BCUT2D eigenvalue weighted by molar-refractivity contribution is 7.20. The van der Waals surface area contributed by atoms with Gasteiger partial charge in [0.2, 0.25) is 5.78 Å². The van der Waals surface area contributed by atoms with Gasteiger partial charge in [-0.25, -0.2) is 4.98 Å². The summed E-state index contributed by atoms with van der Waals surface area (Å²) in [6, 6.07) is 14.6. The van der Waals surface area contributed by atoms with Gasteiger partial charge in [0, 0.05) is 10.6 Å². The SMILES string of the molecule is O=C(c1cccc(Cl)c1)c1nc2ccccc2s1. The van der Waals surface area contributed by atoms with Gasteiger partial charge in [0.25, 0.3) is 0 Å². The number of thiazole rings is 1. The zero-order valence-electron chi connectivity index (χ0n) is 9.26. The standard InChI is InChI=1S/C14H8ClNOS/c15-10-5-3-4-9(8-10)13(17)14-16-11-6-1-2-7-12(11)18-14/h1-8H. The van der Waals surface area contributed by atoms with Crippen LogP contribution >= 0.6 is 22.9 Å². The summed E-state index contributed by atoms with van der Waals surface area (Å²) in [4.78, 5) is 16.6. The zero-order valence-corrected chi connectivity index (χ0v) is 10.8. The summed E-state index contributed by atoms with van der Waals surface area (Å²) in [6.45, 7) is 0. The molecule has 0 radical (unpaired) electrons.